The predicted molar refractivity (Wildman–Crippen MR) is 71.5 cm³/mol. The van der Waals surface area contributed by atoms with E-state index in [4.69, 9.17) is 4.52 Å². The molecule has 3 rings (SSSR count). The van der Waals surface area contributed by atoms with E-state index in [1.54, 1.807) is 0 Å². The maximum atomic E-state index is 12.7. The molecule has 0 bridgehead atoms. The van der Waals surface area contributed by atoms with Crippen LogP contribution in [0.1, 0.15) is 62.4 Å². The lowest BCUT2D eigenvalue weighted by Gasteiger charge is -2.29. The Morgan fingerprint density at radius 2 is 2.05 bits per heavy atom. The van der Waals surface area contributed by atoms with Crippen LogP contribution in [0.5, 0.6) is 0 Å². The van der Waals surface area contributed by atoms with E-state index in [0.717, 1.165) is 43.7 Å². The largest absolute Gasteiger partial charge is 0.361 e. The summed E-state index contributed by atoms with van der Waals surface area (Å²) in [4.78, 5) is 14.7. The zero-order valence-electron chi connectivity index (χ0n) is 11.6. The third kappa shape index (κ3) is 2.53. The van der Waals surface area contributed by atoms with E-state index in [0.29, 0.717) is 5.91 Å². The molecule has 1 amide bonds. The standard InChI is InChI=1S/C15H22N2O2/c1-11-10-13(16-19-11)14-8-5-9-17(14)15(18)12-6-3-2-4-7-12/h10,12,14H,2-9H2,1H3. The van der Waals surface area contributed by atoms with Crippen molar-refractivity contribution in [1.82, 2.24) is 10.1 Å². The Hall–Kier alpha value is -1.32. The molecule has 1 aromatic heterocycles. The van der Waals surface area contributed by atoms with Crippen molar-refractivity contribution >= 4 is 5.91 Å². The minimum absolute atomic E-state index is 0.145. The van der Waals surface area contributed by atoms with Crippen molar-refractivity contribution < 1.29 is 9.32 Å². The molecule has 1 unspecified atom stereocenters. The van der Waals surface area contributed by atoms with E-state index in [1.807, 2.05) is 17.9 Å². The van der Waals surface area contributed by atoms with Crippen molar-refractivity contribution in [2.75, 3.05) is 6.54 Å². The number of nitrogens with zero attached hydrogens (tertiary/aromatic N) is 2. The number of aromatic nitrogens is 1. The van der Waals surface area contributed by atoms with Crippen molar-refractivity contribution in [2.24, 2.45) is 5.92 Å². The van der Waals surface area contributed by atoms with Gasteiger partial charge in [0.1, 0.15) is 11.5 Å². The number of amides is 1. The van der Waals surface area contributed by atoms with Gasteiger partial charge in [-0.2, -0.15) is 0 Å². The molecule has 1 saturated heterocycles. The Labute approximate surface area is 114 Å². The minimum Gasteiger partial charge on any atom is -0.361 e. The van der Waals surface area contributed by atoms with Crippen LogP contribution in [0, 0.1) is 12.8 Å². The number of carbonyl (C=O) groups is 1. The van der Waals surface area contributed by atoms with Crippen molar-refractivity contribution in [3.8, 4) is 0 Å². The van der Waals surface area contributed by atoms with Crippen molar-refractivity contribution in [1.29, 1.82) is 0 Å². The Bertz CT molecular complexity index is 449. The van der Waals surface area contributed by atoms with E-state index in [1.165, 1.54) is 19.3 Å². The van der Waals surface area contributed by atoms with Crippen LogP contribution in [0.2, 0.25) is 0 Å². The Kier molecular flexibility index (Phi) is 3.58. The van der Waals surface area contributed by atoms with Gasteiger partial charge in [0, 0.05) is 18.5 Å². The molecule has 2 aliphatic rings. The highest BCUT2D eigenvalue weighted by molar-refractivity contribution is 5.79. The first-order chi connectivity index (χ1) is 9.25. The Balaban J connectivity index is 1.73. The lowest BCUT2D eigenvalue weighted by molar-refractivity contribution is -0.137. The van der Waals surface area contributed by atoms with Gasteiger partial charge in [0.25, 0.3) is 0 Å². The summed E-state index contributed by atoms with van der Waals surface area (Å²) in [7, 11) is 0. The van der Waals surface area contributed by atoms with Gasteiger partial charge in [-0.3, -0.25) is 4.79 Å². The zero-order valence-corrected chi connectivity index (χ0v) is 11.6. The fraction of sp³-hybridized carbons (Fsp3) is 0.733. The molecule has 104 valence electrons. The van der Waals surface area contributed by atoms with Crippen LogP contribution in [0.4, 0.5) is 0 Å². The Morgan fingerprint density at radius 3 is 2.74 bits per heavy atom. The first-order valence-electron chi connectivity index (χ1n) is 7.49. The van der Waals surface area contributed by atoms with Crippen LogP contribution in [0.25, 0.3) is 0 Å². The number of carbonyl (C=O) groups excluding carboxylic acids is 1. The predicted octanol–water partition coefficient (Wildman–Crippen LogP) is 3.23. The number of rotatable bonds is 2. The highest BCUT2D eigenvalue weighted by atomic mass is 16.5. The van der Waals surface area contributed by atoms with Crippen LogP contribution < -0.4 is 0 Å². The van der Waals surface area contributed by atoms with E-state index < -0.39 is 0 Å². The molecule has 0 N–H and O–H groups in total. The number of hydrogen-bond acceptors (Lipinski definition) is 3. The van der Waals surface area contributed by atoms with Gasteiger partial charge in [0.2, 0.25) is 5.91 Å². The molecule has 1 aromatic rings. The Morgan fingerprint density at radius 1 is 1.26 bits per heavy atom. The number of aryl methyl sites for hydroxylation is 1. The number of likely N-dealkylation sites (tertiary alicyclic amines) is 1. The molecule has 2 heterocycles. The third-order valence-corrected chi connectivity index (χ3v) is 4.48. The molecule has 0 spiro atoms. The van der Waals surface area contributed by atoms with Gasteiger partial charge < -0.3 is 9.42 Å². The second-order valence-electron chi connectivity index (χ2n) is 5.89. The van der Waals surface area contributed by atoms with E-state index in [9.17, 15) is 4.79 Å². The molecule has 4 nitrogen and oxygen atoms in total. The summed E-state index contributed by atoms with van der Waals surface area (Å²) < 4.78 is 5.16. The van der Waals surface area contributed by atoms with Gasteiger partial charge in [-0.15, -0.1) is 0 Å². The van der Waals surface area contributed by atoms with Gasteiger partial charge in [-0.25, -0.2) is 0 Å². The summed E-state index contributed by atoms with van der Waals surface area (Å²) in [6, 6.07) is 2.11. The zero-order chi connectivity index (χ0) is 13.2. The van der Waals surface area contributed by atoms with Crippen LogP contribution in [0.15, 0.2) is 10.6 Å². The maximum absolute atomic E-state index is 12.7. The lowest BCUT2D eigenvalue weighted by atomic mass is 9.88. The van der Waals surface area contributed by atoms with Gasteiger partial charge in [0.15, 0.2) is 0 Å². The summed E-state index contributed by atoms with van der Waals surface area (Å²) >= 11 is 0. The highest BCUT2D eigenvalue weighted by Gasteiger charge is 2.35. The van der Waals surface area contributed by atoms with Gasteiger partial charge in [-0.1, -0.05) is 24.4 Å². The molecule has 0 aromatic carbocycles. The second-order valence-corrected chi connectivity index (χ2v) is 5.89. The molecule has 1 atom stereocenters. The minimum atomic E-state index is 0.145. The molecule has 1 saturated carbocycles. The summed E-state index contributed by atoms with van der Waals surface area (Å²) in [5.41, 5.74) is 0.930. The van der Waals surface area contributed by atoms with Crippen LogP contribution in [0.3, 0.4) is 0 Å². The smallest absolute Gasteiger partial charge is 0.226 e. The van der Waals surface area contributed by atoms with Crippen LogP contribution >= 0.6 is 0 Å². The molecule has 1 aliphatic heterocycles. The fourth-order valence-electron chi connectivity index (χ4n) is 3.46. The SMILES string of the molecule is Cc1cc(C2CCCN2C(=O)C2CCCCC2)no1. The van der Waals surface area contributed by atoms with E-state index >= 15 is 0 Å². The monoisotopic (exact) mass is 262 g/mol. The summed E-state index contributed by atoms with van der Waals surface area (Å²) in [5, 5.41) is 4.11. The van der Waals surface area contributed by atoms with Crippen molar-refractivity contribution in [3.05, 3.63) is 17.5 Å². The second kappa shape index (κ2) is 5.35. The van der Waals surface area contributed by atoms with Crippen molar-refractivity contribution in [2.45, 2.75) is 57.9 Å². The van der Waals surface area contributed by atoms with Gasteiger partial charge in [-0.05, 0) is 32.6 Å². The summed E-state index contributed by atoms with van der Waals surface area (Å²) in [6.07, 6.45) is 7.94. The topological polar surface area (TPSA) is 46.3 Å². The molecule has 0 radical (unpaired) electrons. The molecule has 2 fully saturated rings. The molecule has 1 aliphatic carbocycles. The first kappa shape index (κ1) is 12.7. The highest BCUT2D eigenvalue weighted by Crippen LogP contribution is 2.35. The van der Waals surface area contributed by atoms with Crippen LogP contribution in [-0.4, -0.2) is 22.5 Å². The molecule has 4 heteroatoms. The average molecular weight is 262 g/mol. The molecule has 19 heavy (non-hydrogen) atoms. The summed E-state index contributed by atoms with van der Waals surface area (Å²) in [5.74, 6) is 1.43. The maximum Gasteiger partial charge on any atom is 0.226 e. The van der Waals surface area contributed by atoms with Gasteiger partial charge in [0.05, 0.1) is 6.04 Å². The normalized spacial score (nSPS) is 24.9. The molecular weight excluding hydrogens is 240 g/mol. The van der Waals surface area contributed by atoms with Crippen molar-refractivity contribution in [3.63, 3.8) is 0 Å². The van der Waals surface area contributed by atoms with Gasteiger partial charge >= 0.3 is 0 Å². The average Bonchev–Trinajstić information content (AvgIpc) is 3.07. The fourth-order valence-corrected chi connectivity index (χ4v) is 3.46. The third-order valence-electron chi connectivity index (χ3n) is 4.48. The summed E-state index contributed by atoms with van der Waals surface area (Å²) in [6.45, 7) is 2.78. The molecular formula is C15H22N2O2. The first-order valence-corrected chi connectivity index (χ1v) is 7.49. The quantitative estimate of drug-likeness (QED) is 0.822. The van der Waals surface area contributed by atoms with E-state index in [2.05, 4.69) is 5.16 Å². The van der Waals surface area contributed by atoms with E-state index in [-0.39, 0.29) is 12.0 Å². The number of hydrogen-bond donors (Lipinski definition) is 0. The van der Waals surface area contributed by atoms with Crippen LogP contribution in [-0.2, 0) is 4.79 Å². The lowest BCUT2D eigenvalue weighted by Crippen LogP contribution is -2.36.